The fraction of sp³-hybridized carbons (Fsp3) is 0. The standard InChI is InChI=1S/C12H9Cl2N3O/c13-8-5-9(14)7-11(6-8)17-12(18)16-10-1-3-15-4-2-10/h1-7H,(H2,15,16,17,18). The molecule has 0 bridgehead atoms. The molecule has 1 aromatic carbocycles. The Morgan fingerprint density at radius 2 is 1.50 bits per heavy atom. The molecule has 1 aromatic heterocycles. The van der Waals surface area contributed by atoms with Gasteiger partial charge >= 0.3 is 6.03 Å². The molecule has 0 spiro atoms. The fourth-order valence-corrected chi connectivity index (χ4v) is 1.88. The summed E-state index contributed by atoms with van der Waals surface area (Å²) in [5, 5.41) is 6.21. The molecule has 0 aliphatic heterocycles. The average Bonchev–Trinajstić information content (AvgIpc) is 2.28. The molecule has 0 aliphatic carbocycles. The molecule has 0 atom stereocenters. The molecule has 0 saturated carbocycles. The quantitative estimate of drug-likeness (QED) is 0.873. The predicted octanol–water partition coefficient (Wildman–Crippen LogP) is 4.03. The van der Waals surface area contributed by atoms with E-state index in [2.05, 4.69) is 15.6 Å². The van der Waals surface area contributed by atoms with Crippen molar-refractivity contribution in [2.45, 2.75) is 0 Å². The molecule has 0 unspecified atom stereocenters. The molecule has 0 saturated heterocycles. The molecule has 0 radical (unpaired) electrons. The van der Waals surface area contributed by atoms with Crippen LogP contribution < -0.4 is 10.6 Å². The van der Waals surface area contributed by atoms with E-state index < -0.39 is 0 Å². The number of rotatable bonds is 2. The van der Waals surface area contributed by atoms with Gasteiger partial charge < -0.3 is 10.6 Å². The van der Waals surface area contributed by atoms with Crippen LogP contribution >= 0.6 is 23.2 Å². The highest BCUT2D eigenvalue weighted by Crippen LogP contribution is 2.22. The van der Waals surface area contributed by atoms with E-state index in [-0.39, 0.29) is 6.03 Å². The highest BCUT2D eigenvalue weighted by atomic mass is 35.5. The van der Waals surface area contributed by atoms with E-state index in [0.29, 0.717) is 21.4 Å². The molecule has 92 valence electrons. The number of hydrogen-bond acceptors (Lipinski definition) is 2. The van der Waals surface area contributed by atoms with Crippen LogP contribution in [0.5, 0.6) is 0 Å². The van der Waals surface area contributed by atoms with Gasteiger partial charge in [-0.2, -0.15) is 0 Å². The van der Waals surface area contributed by atoms with Crippen molar-refractivity contribution in [2.75, 3.05) is 10.6 Å². The first-order valence-corrected chi connectivity index (χ1v) is 5.83. The number of nitrogens with one attached hydrogen (secondary N) is 2. The van der Waals surface area contributed by atoms with Crippen molar-refractivity contribution in [2.24, 2.45) is 0 Å². The summed E-state index contributed by atoms with van der Waals surface area (Å²) < 4.78 is 0. The Bertz CT molecular complexity index is 540. The first kappa shape index (κ1) is 12.7. The van der Waals surface area contributed by atoms with Crippen molar-refractivity contribution in [1.82, 2.24) is 4.98 Å². The molecular formula is C12H9Cl2N3O. The smallest absolute Gasteiger partial charge is 0.308 e. The molecule has 2 N–H and O–H groups in total. The molecule has 2 aromatic rings. The molecule has 6 heteroatoms. The minimum atomic E-state index is -0.375. The highest BCUT2D eigenvalue weighted by Gasteiger charge is 2.04. The minimum absolute atomic E-state index is 0.375. The van der Waals surface area contributed by atoms with Crippen LogP contribution in [0.3, 0.4) is 0 Å². The lowest BCUT2D eigenvalue weighted by Crippen LogP contribution is -2.19. The van der Waals surface area contributed by atoms with Crippen LogP contribution in [0, 0.1) is 0 Å². The van der Waals surface area contributed by atoms with Gasteiger partial charge in [0, 0.05) is 33.8 Å². The lowest BCUT2D eigenvalue weighted by molar-refractivity contribution is 0.262. The Morgan fingerprint density at radius 3 is 2.11 bits per heavy atom. The van der Waals surface area contributed by atoms with Gasteiger partial charge in [-0.25, -0.2) is 4.79 Å². The molecule has 2 rings (SSSR count). The van der Waals surface area contributed by atoms with Crippen molar-refractivity contribution >= 4 is 40.6 Å². The Labute approximate surface area is 114 Å². The Morgan fingerprint density at radius 1 is 0.944 bits per heavy atom. The first-order valence-electron chi connectivity index (χ1n) is 5.07. The van der Waals surface area contributed by atoms with Gasteiger partial charge in [0.1, 0.15) is 0 Å². The number of nitrogens with zero attached hydrogens (tertiary/aromatic N) is 1. The maximum Gasteiger partial charge on any atom is 0.323 e. The van der Waals surface area contributed by atoms with Crippen LogP contribution in [0.15, 0.2) is 42.7 Å². The number of carbonyl (C=O) groups excluding carboxylic acids is 1. The van der Waals surface area contributed by atoms with Gasteiger partial charge in [-0.1, -0.05) is 23.2 Å². The Kier molecular flexibility index (Phi) is 4.02. The zero-order chi connectivity index (χ0) is 13.0. The lowest BCUT2D eigenvalue weighted by Gasteiger charge is -2.08. The molecular weight excluding hydrogens is 273 g/mol. The fourth-order valence-electron chi connectivity index (χ4n) is 1.35. The topological polar surface area (TPSA) is 54.0 Å². The van der Waals surface area contributed by atoms with Crippen LogP contribution in [0.4, 0.5) is 16.2 Å². The number of pyridine rings is 1. The van der Waals surface area contributed by atoms with Gasteiger partial charge in [0.2, 0.25) is 0 Å². The van der Waals surface area contributed by atoms with Gasteiger partial charge in [-0.05, 0) is 30.3 Å². The van der Waals surface area contributed by atoms with Crippen LogP contribution in [0.2, 0.25) is 10.0 Å². The number of carbonyl (C=O) groups is 1. The number of urea groups is 1. The molecule has 0 fully saturated rings. The second-order valence-electron chi connectivity index (χ2n) is 3.47. The van der Waals surface area contributed by atoms with Gasteiger partial charge in [0.25, 0.3) is 0 Å². The summed E-state index contributed by atoms with van der Waals surface area (Å²) >= 11 is 11.7. The SMILES string of the molecule is O=C(Nc1ccncc1)Nc1cc(Cl)cc(Cl)c1. The van der Waals surface area contributed by atoms with Crippen LogP contribution in [0.25, 0.3) is 0 Å². The maximum absolute atomic E-state index is 11.7. The maximum atomic E-state index is 11.7. The van der Waals surface area contributed by atoms with E-state index in [1.165, 1.54) is 0 Å². The van der Waals surface area contributed by atoms with Crippen LogP contribution in [-0.2, 0) is 0 Å². The molecule has 1 heterocycles. The van der Waals surface area contributed by atoms with Crippen molar-refractivity contribution < 1.29 is 4.79 Å². The van der Waals surface area contributed by atoms with Crippen molar-refractivity contribution in [1.29, 1.82) is 0 Å². The Hall–Kier alpha value is -1.78. The largest absolute Gasteiger partial charge is 0.323 e. The predicted molar refractivity (Wildman–Crippen MR) is 73.3 cm³/mol. The van der Waals surface area contributed by atoms with E-state index >= 15 is 0 Å². The number of aromatic nitrogens is 1. The molecule has 18 heavy (non-hydrogen) atoms. The monoisotopic (exact) mass is 281 g/mol. The summed E-state index contributed by atoms with van der Waals surface area (Å²) in [7, 11) is 0. The number of anilines is 2. The number of benzene rings is 1. The summed E-state index contributed by atoms with van der Waals surface area (Å²) in [6, 6.07) is 7.81. The minimum Gasteiger partial charge on any atom is -0.308 e. The van der Waals surface area contributed by atoms with Gasteiger partial charge in [-0.15, -0.1) is 0 Å². The van der Waals surface area contributed by atoms with E-state index in [9.17, 15) is 4.79 Å². The van der Waals surface area contributed by atoms with Crippen LogP contribution in [0.1, 0.15) is 0 Å². The number of halogens is 2. The normalized spacial score (nSPS) is 9.89. The van der Waals surface area contributed by atoms with Gasteiger partial charge in [0.05, 0.1) is 0 Å². The number of amides is 2. The average molecular weight is 282 g/mol. The van der Waals surface area contributed by atoms with Crippen molar-refractivity contribution in [3.8, 4) is 0 Å². The molecule has 4 nitrogen and oxygen atoms in total. The van der Waals surface area contributed by atoms with Crippen LogP contribution in [-0.4, -0.2) is 11.0 Å². The van der Waals surface area contributed by atoms with Gasteiger partial charge in [0.15, 0.2) is 0 Å². The summed E-state index contributed by atoms with van der Waals surface area (Å²) in [5.41, 5.74) is 1.18. The third kappa shape index (κ3) is 3.61. The Balaban J connectivity index is 2.03. The second kappa shape index (κ2) is 5.71. The van der Waals surface area contributed by atoms with E-state index in [0.717, 1.165) is 0 Å². The van der Waals surface area contributed by atoms with E-state index in [4.69, 9.17) is 23.2 Å². The summed E-state index contributed by atoms with van der Waals surface area (Å²) in [6.45, 7) is 0. The van der Waals surface area contributed by atoms with Crippen molar-refractivity contribution in [3.05, 3.63) is 52.8 Å². The third-order valence-electron chi connectivity index (χ3n) is 2.06. The second-order valence-corrected chi connectivity index (χ2v) is 4.35. The molecule has 0 aliphatic rings. The van der Waals surface area contributed by atoms with E-state index in [1.54, 1.807) is 42.7 Å². The van der Waals surface area contributed by atoms with E-state index in [1.807, 2.05) is 0 Å². The zero-order valence-corrected chi connectivity index (χ0v) is 10.7. The summed E-state index contributed by atoms with van der Waals surface area (Å²) in [4.78, 5) is 15.5. The summed E-state index contributed by atoms with van der Waals surface area (Å²) in [6.07, 6.45) is 3.18. The zero-order valence-electron chi connectivity index (χ0n) is 9.15. The van der Waals surface area contributed by atoms with Crippen molar-refractivity contribution in [3.63, 3.8) is 0 Å². The summed E-state index contributed by atoms with van der Waals surface area (Å²) in [5.74, 6) is 0. The number of hydrogen-bond donors (Lipinski definition) is 2. The molecule has 2 amide bonds. The lowest BCUT2D eigenvalue weighted by atomic mass is 10.3. The van der Waals surface area contributed by atoms with Gasteiger partial charge in [-0.3, -0.25) is 4.98 Å². The third-order valence-corrected chi connectivity index (χ3v) is 2.50. The highest BCUT2D eigenvalue weighted by molar-refractivity contribution is 6.35. The first-order chi connectivity index (χ1) is 8.63.